The van der Waals surface area contributed by atoms with Crippen LogP contribution < -0.4 is 11.1 Å². The van der Waals surface area contributed by atoms with E-state index in [1.54, 1.807) is 12.1 Å². The third kappa shape index (κ3) is 3.57. The van der Waals surface area contributed by atoms with Gasteiger partial charge in [0.05, 0.1) is 5.56 Å². The monoisotopic (exact) mass is 336 g/mol. The third-order valence-electron chi connectivity index (χ3n) is 2.87. The molecule has 0 fully saturated rings. The smallest absolute Gasteiger partial charge is 0.255 e. The molecule has 20 heavy (non-hydrogen) atoms. The number of anilines is 1. The summed E-state index contributed by atoms with van der Waals surface area (Å²) < 4.78 is 14.0. The molecule has 0 heterocycles. The Morgan fingerprint density at radius 3 is 2.55 bits per heavy atom. The lowest BCUT2D eigenvalue weighted by Gasteiger charge is -2.08. The molecule has 2 aromatic carbocycles. The Hall–Kier alpha value is -1.88. The van der Waals surface area contributed by atoms with Gasteiger partial charge in [0.25, 0.3) is 5.91 Å². The zero-order valence-corrected chi connectivity index (χ0v) is 12.3. The van der Waals surface area contributed by atoms with Gasteiger partial charge in [-0.1, -0.05) is 18.2 Å². The molecule has 0 bridgehead atoms. The average molecular weight is 337 g/mol. The molecule has 104 valence electrons. The molecule has 0 aliphatic heterocycles. The summed E-state index contributed by atoms with van der Waals surface area (Å²) in [4.78, 5) is 11.9. The summed E-state index contributed by atoms with van der Waals surface area (Å²) in [5.74, 6) is -0.963. The molecular weight excluding hydrogens is 323 g/mol. The summed E-state index contributed by atoms with van der Waals surface area (Å²) in [7, 11) is 0. The second-order valence-corrected chi connectivity index (χ2v) is 5.20. The van der Waals surface area contributed by atoms with Gasteiger partial charge < -0.3 is 11.1 Å². The molecule has 0 unspecified atom stereocenters. The molecule has 2 rings (SSSR count). The Morgan fingerprint density at radius 1 is 1.20 bits per heavy atom. The lowest BCUT2D eigenvalue weighted by molar-refractivity contribution is 0.0949. The van der Waals surface area contributed by atoms with E-state index in [9.17, 15) is 9.18 Å². The van der Waals surface area contributed by atoms with Gasteiger partial charge in [-0.05, 0) is 52.2 Å². The molecule has 3 nitrogen and oxygen atoms in total. The van der Waals surface area contributed by atoms with Crippen LogP contribution in [0.25, 0.3) is 0 Å². The summed E-state index contributed by atoms with van der Waals surface area (Å²) in [6.07, 6.45) is 0.665. The van der Waals surface area contributed by atoms with Gasteiger partial charge in [-0.25, -0.2) is 4.39 Å². The maximum atomic E-state index is 13.6. The van der Waals surface area contributed by atoms with Gasteiger partial charge in [-0.15, -0.1) is 0 Å². The number of benzene rings is 2. The zero-order valence-electron chi connectivity index (χ0n) is 10.7. The molecule has 0 aliphatic rings. The van der Waals surface area contributed by atoms with Crippen LogP contribution in [0.5, 0.6) is 0 Å². The molecule has 2 aromatic rings. The lowest BCUT2D eigenvalue weighted by Crippen LogP contribution is -2.27. The van der Waals surface area contributed by atoms with Gasteiger partial charge in [-0.2, -0.15) is 0 Å². The van der Waals surface area contributed by atoms with E-state index in [4.69, 9.17) is 5.73 Å². The van der Waals surface area contributed by atoms with Crippen molar-refractivity contribution in [2.75, 3.05) is 12.3 Å². The van der Waals surface area contributed by atoms with Crippen molar-refractivity contribution in [3.05, 3.63) is 63.9 Å². The second-order valence-electron chi connectivity index (χ2n) is 4.34. The van der Waals surface area contributed by atoms with E-state index in [0.29, 0.717) is 23.1 Å². The highest BCUT2D eigenvalue weighted by molar-refractivity contribution is 9.10. The van der Waals surface area contributed by atoms with Gasteiger partial charge in [0, 0.05) is 16.7 Å². The van der Waals surface area contributed by atoms with Crippen LogP contribution >= 0.6 is 15.9 Å². The van der Waals surface area contributed by atoms with Crippen LogP contribution in [0.2, 0.25) is 0 Å². The number of carbonyl (C=O) groups excluding carboxylic acids is 1. The van der Waals surface area contributed by atoms with Crippen LogP contribution in [0.1, 0.15) is 15.9 Å². The number of halogens is 2. The number of hydrogen-bond donors (Lipinski definition) is 2. The number of carbonyl (C=O) groups is 1. The number of nitrogens with one attached hydrogen (secondary N) is 1. The molecule has 5 heteroatoms. The minimum absolute atomic E-state index is 0.0322. The lowest BCUT2D eigenvalue weighted by atomic mass is 10.1. The van der Waals surface area contributed by atoms with Crippen molar-refractivity contribution in [2.45, 2.75) is 6.42 Å². The van der Waals surface area contributed by atoms with Crippen molar-refractivity contribution in [2.24, 2.45) is 0 Å². The fourth-order valence-electron chi connectivity index (χ4n) is 1.81. The van der Waals surface area contributed by atoms with Crippen LogP contribution in [0.4, 0.5) is 10.1 Å². The summed E-state index contributed by atoms with van der Waals surface area (Å²) in [5.41, 5.74) is 7.39. The SMILES string of the molecule is Nc1ccc(CCNC(=O)c2c(F)cccc2Br)cc1. The second kappa shape index (κ2) is 6.52. The van der Waals surface area contributed by atoms with E-state index in [2.05, 4.69) is 21.2 Å². The van der Waals surface area contributed by atoms with Gasteiger partial charge in [0.15, 0.2) is 0 Å². The number of nitrogen functional groups attached to an aromatic ring is 1. The predicted molar refractivity (Wildman–Crippen MR) is 81.0 cm³/mol. The standard InChI is InChI=1S/C15H14BrFN2O/c16-12-2-1-3-13(17)14(12)15(20)19-9-8-10-4-6-11(18)7-5-10/h1-7H,8-9,18H2,(H,19,20). The highest BCUT2D eigenvalue weighted by Gasteiger charge is 2.14. The first-order valence-corrected chi connectivity index (χ1v) is 6.94. The Labute approximate surface area is 125 Å². The largest absolute Gasteiger partial charge is 0.399 e. The Balaban J connectivity index is 1.94. The first-order chi connectivity index (χ1) is 9.58. The van der Waals surface area contributed by atoms with Crippen LogP contribution in [-0.4, -0.2) is 12.5 Å². The van der Waals surface area contributed by atoms with E-state index in [1.807, 2.05) is 24.3 Å². The molecule has 0 aromatic heterocycles. The normalized spacial score (nSPS) is 10.3. The molecule has 3 N–H and O–H groups in total. The first kappa shape index (κ1) is 14.5. The molecular formula is C15H14BrFN2O. The van der Waals surface area contributed by atoms with Crippen LogP contribution in [-0.2, 0) is 6.42 Å². The first-order valence-electron chi connectivity index (χ1n) is 6.14. The molecule has 0 aliphatic carbocycles. The maximum absolute atomic E-state index is 13.6. The van der Waals surface area contributed by atoms with Gasteiger partial charge in [0.1, 0.15) is 5.82 Å². The van der Waals surface area contributed by atoms with Crippen molar-refractivity contribution in [1.82, 2.24) is 5.32 Å². The van der Waals surface area contributed by atoms with Crippen LogP contribution in [0.15, 0.2) is 46.9 Å². The van der Waals surface area contributed by atoms with Crippen LogP contribution in [0, 0.1) is 5.82 Å². The summed E-state index contributed by atoms with van der Waals surface area (Å²) >= 11 is 3.18. The molecule has 1 amide bonds. The van der Waals surface area contributed by atoms with Crippen molar-refractivity contribution in [3.63, 3.8) is 0 Å². The van der Waals surface area contributed by atoms with E-state index in [-0.39, 0.29) is 5.56 Å². The predicted octanol–water partition coefficient (Wildman–Crippen LogP) is 3.14. The Morgan fingerprint density at radius 2 is 1.90 bits per heavy atom. The van der Waals surface area contributed by atoms with Crippen molar-refractivity contribution < 1.29 is 9.18 Å². The van der Waals surface area contributed by atoms with Crippen LogP contribution in [0.3, 0.4) is 0 Å². The summed E-state index contributed by atoms with van der Waals surface area (Å²) in [6, 6.07) is 11.9. The topological polar surface area (TPSA) is 55.1 Å². The van der Waals surface area contributed by atoms with E-state index in [1.165, 1.54) is 6.07 Å². The van der Waals surface area contributed by atoms with E-state index < -0.39 is 11.7 Å². The van der Waals surface area contributed by atoms with Gasteiger partial charge >= 0.3 is 0 Å². The molecule has 0 atom stereocenters. The maximum Gasteiger partial charge on any atom is 0.255 e. The van der Waals surface area contributed by atoms with Gasteiger partial charge in [0.2, 0.25) is 0 Å². The van der Waals surface area contributed by atoms with Gasteiger partial charge in [-0.3, -0.25) is 4.79 Å². The number of nitrogens with two attached hydrogens (primary N) is 1. The minimum Gasteiger partial charge on any atom is -0.399 e. The summed E-state index contributed by atoms with van der Waals surface area (Å²) in [5, 5.41) is 2.70. The minimum atomic E-state index is -0.538. The Kier molecular flexibility index (Phi) is 4.74. The Bertz CT molecular complexity index is 594. The fraction of sp³-hybridized carbons (Fsp3) is 0.133. The highest BCUT2D eigenvalue weighted by Crippen LogP contribution is 2.19. The zero-order chi connectivity index (χ0) is 14.5. The van der Waals surface area contributed by atoms with E-state index >= 15 is 0 Å². The molecule has 0 spiro atoms. The fourth-order valence-corrected chi connectivity index (χ4v) is 2.33. The number of hydrogen-bond acceptors (Lipinski definition) is 2. The average Bonchev–Trinajstić information content (AvgIpc) is 2.41. The third-order valence-corrected chi connectivity index (χ3v) is 3.53. The van der Waals surface area contributed by atoms with Crippen molar-refractivity contribution in [3.8, 4) is 0 Å². The quantitative estimate of drug-likeness (QED) is 0.842. The molecule has 0 saturated heterocycles. The highest BCUT2D eigenvalue weighted by atomic mass is 79.9. The number of amides is 1. The summed E-state index contributed by atoms with van der Waals surface area (Å²) in [6.45, 7) is 0.434. The molecule has 0 radical (unpaired) electrons. The van der Waals surface area contributed by atoms with Crippen molar-refractivity contribution >= 4 is 27.5 Å². The van der Waals surface area contributed by atoms with E-state index in [0.717, 1.165) is 5.56 Å². The molecule has 0 saturated carbocycles. The van der Waals surface area contributed by atoms with Crippen molar-refractivity contribution in [1.29, 1.82) is 0 Å². The number of rotatable bonds is 4.